The third kappa shape index (κ3) is 5.09. The minimum Gasteiger partial charge on any atom is -0.388 e. The van der Waals surface area contributed by atoms with Crippen LogP contribution in [0.5, 0.6) is 0 Å². The van der Waals surface area contributed by atoms with E-state index in [4.69, 9.17) is 0 Å². The highest BCUT2D eigenvalue weighted by molar-refractivity contribution is 6.35. The van der Waals surface area contributed by atoms with Gasteiger partial charge in [-0.1, -0.05) is 6.42 Å². The van der Waals surface area contributed by atoms with Gasteiger partial charge in [0.05, 0.1) is 28.0 Å². The van der Waals surface area contributed by atoms with Crippen molar-refractivity contribution in [2.75, 3.05) is 38.0 Å². The lowest BCUT2D eigenvalue weighted by molar-refractivity contribution is -0.138. The molecule has 38 heavy (non-hydrogen) atoms. The number of H-pyrrole nitrogens is 1. The molecular weight excluding hydrogens is 504 g/mol. The van der Waals surface area contributed by atoms with Crippen molar-refractivity contribution in [3.63, 3.8) is 0 Å². The average Bonchev–Trinajstić information content (AvgIpc) is 3.35. The summed E-state index contributed by atoms with van der Waals surface area (Å²) in [5, 5.41) is 13.6. The number of hydrogen-bond donors (Lipinski definition) is 3. The summed E-state index contributed by atoms with van der Waals surface area (Å²) < 4.78 is 56.8. The Morgan fingerprint density at radius 1 is 1.13 bits per heavy atom. The summed E-state index contributed by atoms with van der Waals surface area (Å²) in [6, 6.07) is 3.56. The molecule has 5 rings (SSSR count). The van der Waals surface area contributed by atoms with Gasteiger partial charge in [0.15, 0.2) is 0 Å². The second-order valence-corrected chi connectivity index (χ2v) is 10.5. The number of benzene rings is 1. The molecule has 0 bridgehead atoms. The number of rotatable bonds is 4. The monoisotopic (exact) mass is 534 g/mol. The van der Waals surface area contributed by atoms with E-state index in [1.807, 2.05) is 0 Å². The van der Waals surface area contributed by atoms with E-state index in [1.165, 1.54) is 24.3 Å². The molecular formula is C27H30F4N4O3. The van der Waals surface area contributed by atoms with E-state index >= 15 is 0 Å². The fourth-order valence-corrected chi connectivity index (χ4v) is 5.74. The molecule has 2 aromatic rings. The number of aromatic nitrogens is 1. The maximum absolute atomic E-state index is 14.3. The molecule has 11 heteroatoms. The van der Waals surface area contributed by atoms with Crippen LogP contribution >= 0.6 is 0 Å². The molecule has 2 amide bonds. The zero-order valence-electron chi connectivity index (χ0n) is 21.1. The van der Waals surface area contributed by atoms with Crippen LogP contribution in [0.1, 0.15) is 65.0 Å². The highest BCUT2D eigenvalue weighted by Gasteiger charge is 2.43. The average molecular weight is 535 g/mol. The van der Waals surface area contributed by atoms with Crippen molar-refractivity contribution in [3.05, 3.63) is 52.1 Å². The molecule has 0 aliphatic carbocycles. The molecule has 1 aromatic carbocycles. The van der Waals surface area contributed by atoms with Crippen molar-refractivity contribution >= 4 is 29.2 Å². The molecule has 3 aliphatic heterocycles. The molecule has 204 valence electrons. The predicted octanol–water partition coefficient (Wildman–Crippen LogP) is 4.43. The number of aryl methyl sites for hydroxylation is 1. The minimum absolute atomic E-state index is 0.0150. The summed E-state index contributed by atoms with van der Waals surface area (Å²) in [6.45, 7) is 3.97. The lowest BCUT2D eigenvalue weighted by atomic mass is 9.89. The Balaban J connectivity index is 1.41. The summed E-state index contributed by atoms with van der Waals surface area (Å²) in [7, 11) is 0. The molecule has 0 saturated carbocycles. The zero-order valence-corrected chi connectivity index (χ0v) is 21.1. The molecule has 0 radical (unpaired) electrons. The topological polar surface area (TPSA) is 88.7 Å². The number of halogens is 4. The number of amides is 2. The standard InChI is InChI=1S/C27H30F4N4O3/c1-16-22(25(37)35-11-7-26(38,8-12-35)15-34-9-3-2-4-10-34)23(27(29,30)31)21(32-16)14-19-18-13-17(28)5-6-20(18)33-24(19)36/h5-6,13-14,32,38H,2-4,7-12,15H2,1H3,(H,33,36)/b19-14-. The largest absolute Gasteiger partial charge is 0.419 e. The number of aromatic amines is 1. The van der Waals surface area contributed by atoms with Crippen molar-refractivity contribution in [2.24, 2.45) is 0 Å². The van der Waals surface area contributed by atoms with Gasteiger partial charge in [-0.05, 0) is 70.0 Å². The second kappa shape index (κ2) is 9.85. The van der Waals surface area contributed by atoms with Crippen LogP contribution in [-0.4, -0.2) is 70.0 Å². The van der Waals surface area contributed by atoms with Crippen molar-refractivity contribution in [2.45, 2.75) is 50.8 Å². The van der Waals surface area contributed by atoms with Crippen molar-refractivity contribution in [1.82, 2.24) is 14.8 Å². The van der Waals surface area contributed by atoms with E-state index in [1.54, 1.807) is 0 Å². The van der Waals surface area contributed by atoms with E-state index in [0.717, 1.165) is 44.1 Å². The lowest BCUT2D eigenvalue weighted by Crippen LogP contribution is -2.53. The van der Waals surface area contributed by atoms with Gasteiger partial charge in [0.1, 0.15) is 5.82 Å². The van der Waals surface area contributed by atoms with Gasteiger partial charge in [-0.2, -0.15) is 13.2 Å². The first kappa shape index (κ1) is 26.4. The Kier molecular flexibility index (Phi) is 6.85. The third-order valence-corrected chi connectivity index (χ3v) is 7.72. The van der Waals surface area contributed by atoms with E-state index in [9.17, 15) is 32.3 Å². The molecule has 0 spiro atoms. The van der Waals surface area contributed by atoms with E-state index in [-0.39, 0.29) is 42.8 Å². The number of fused-ring (bicyclic) bond motifs is 1. The summed E-state index contributed by atoms with van der Waals surface area (Å²) in [5.74, 6) is -2.08. The molecule has 0 unspecified atom stereocenters. The van der Waals surface area contributed by atoms with E-state index in [0.29, 0.717) is 12.2 Å². The van der Waals surface area contributed by atoms with Gasteiger partial charge in [0, 0.05) is 36.6 Å². The number of likely N-dealkylation sites (tertiary alicyclic amines) is 2. The van der Waals surface area contributed by atoms with Crippen LogP contribution in [0.15, 0.2) is 18.2 Å². The van der Waals surface area contributed by atoms with Gasteiger partial charge in [-0.3, -0.25) is 9.59 Å². The predicted molar refractivity (Wildman–Crippen MR) is 134 cm³/mol. The summed E-state index contributed by atoms with van der Waals surface area (Å²) in [5.41, 5.74) is -2.79. The molecule has 3 aliphatic rings. The smallest absolute Gasteiger partial charge is 0.388 e. The maximum atomic E-state index is 14.3. The number of nitrogens with one attached hydrogen (secondary N) is 2. The van der Waals surface area contributed by atoms with Gasteiger partial charge in [-0.25, -0.2) is 4.39 Å². The van der Waals surface area contributed by atoms with Crippen LogP contribution in [0.2, 0.25) is 0 Å². The number of alkyl halides is 3. The lowest BCUT2D eigenvalue weighted by Gasteiger charge is -2.42. The SMILES string of the molecule is Cc1[nH]c(/C=C2\C(=O)Nc3ccc(F)cc32)c(C(F)(F)F)c1C(=O)N1CCC(O)(CN2CCCCC2)CC1. The maximum Gasteiger partial charge on any atom is 0.419 e. The van der Waals surface area contributed by atoms with Crippen LogP contribution in [0.4, 0.5) is 23.2 Å². The highest BCUT2D eigenvalue weighted by atomic mass is 19.4. The highest BCUT2D eigenvalue weighted by Crippen LogP contribution is 2.41. The number of β-amino-alcohol motifs (C(OH)–C–C–N with tert-alkyl or cyclic N) is 1. The molecule has 2 fully saturated rings. The third-order valence-electron chi connectivity index (χ3n) is 7.72. The molecule has 2 saturated heterocycles. The van der Waals surface area contributed by atoms with Crippen LogP contribution in [0.3, 0.4) is 0 Å². The number of anilines is 1. The summed E-state index contributed by atoms with van der Waals surface area (Å²) in [6.07, 6.45) is -0.00322. The van der Waals surface area contributed by atoms with E-state index < -0.39 is 46.2 Å². The quantitative estimate of drug-likeness (QED) is 0.400. The fourth-order valence-electron chi connectivity index (χ4n) is 5.74. The summed E-state index contributed by atoms with van der Waals surface area (Å²) in [4.78, 5) is 32.1. The number of carbonyl (C=O) groups is 2. The van der Waals surface area contributed by atoms with Crippen LogP contribution in [-0.2, 0) is 11.0 Å². The molecule has 0 atom stereocenters. The Labute approximate surface area is 217 Å². The zero-order chi connectivity index (χ0) is 27.2. The van der Waals surface area contributed by atoms with E-state index in [2.05, 4.69) is 15.2 Å². The van der Waals surface area contributed by atoms with Crippen molar-refractivity contribution in [3.8, 4) is 0 Å². The number of aliphatic hydroxyl groups is 1. The van der Waals surface area contributed by atoms with Gasteiger partial charge < -0.3 is 25.2 Å². The molecule has 4 heterocycles. The Morgan fingerprint density at radius 2 is 1.82 bits per heavy atom. The van der Waals surface area contributed by atoms with Crippen LogP contribution in [0.25, 0.3) is 11.6 Å². The molecule has 7 nitrogen and oxygen atoms in total. The first-order chi connectivity index (χ1) is 17.9. The first-order valence-electron chi connectivity index (χ1n) is 12.8. The van der Waals surface area contributed by atoms with Gasteiger partial charge in [-0.15, -0.1) is 0 Å². The van der Waals surface area contributed by atoms with Gasteiger partial charge in [0.25, 0.3) is 11.8 Å². The number of piperidine rings is 2. The molecule has 3 N–H and O–H groups in total. The number of carbonyl (C=O) groups excluding carboxylic acids is 2. The van der Waals surface area contributed by atoms with Crippen molar-refractivity contribution < 1.29 is 32.3 Å². The minimum atomic E-state index is -4.90. The van der Waals surface area contributed by atoms with Gasteiger partial charge >= 0.3 is 6.18 Å². The van der Waals surface area contributed by atoms with Crippen LogP contribution in [0, 0.1) is 12.7 Å². The molecule has 1 aromatic heterocycles. The Hall–Kier alpha value is -3.18. The number of nitrogens with zero attached hydrogens (tertiary/aromatic N) is 2. The van der Waals surface area contributed by atoms with Crippen LogP contribution < -0.4 is 5.32 Å². The van der Waals surface area contributed by atoms with Gasteiger partial charge in [0.2, 0.25) is 0 Å². The first-order valence-corrected chi connectivity index (χ1v) is 12.8. The fraction of sp³-hybridized carbons (Fsp3) is 0.481. The Bertz CT molecular complexity index is 1290. The second-order valence-electron chi connectivity index (χ2n) is 10.5. The normalized spacial score (nSPS) is 21.1. The Morgan fingerprint density at radius 3 is 2.47 bits per heavy atom. The summed E-state index contributed by atoms with van der Waals surface area (Å²) >= 11 is 0. The van der Waals surface area contributed by atoms with Crippen molar-refractivity contribution in [1.29, 1.82) is 0 Å². The number of hydrogen-bond acceptors (Lipinski definition) is 4.